The lowest BCUT2D eigenvalue weighted by atomic mass is 9.91. The van der Waals surface area contributed by atoms with Crippen molar-refractivity contribution in [2.75, 3.05) is 6.54 Å². The summed E-state index contributed by atoms with van der Waals surface area (Å²) in [5, 5.41) is 5.04. The van der Waals surface area contributed by atoms with Crippen LogP contribution in [0.4, 0.5) is 0 Å². The van der Waals surface area contributed by atoms with Crippen molar-refractivity contribution in [1.82, 2.24) is 10.3 Å². The minimum Gasteiger partial charge on any atom is -0.358 e. The zero-order valence-electron chi connectivity index (χ0n) is 11.6. The van der Waals surface area contributed by atoms with Crippen LogP contribution in [-0.2, 0) is 12.8 Å². The summed E-state index contributed by atoms with van der Waals surface area (Å²) in [7, 11) is 0. The first-order valence-electron chi connectivity index (χ1n) is 7.03. The van der Waals surface area contributed by atoms with Crippen molar-refractivity contribution < 1.29 is 0 Å². The molecule has 1 aromatic carbocycles. The lowest BCUT2D eigenvalue weighted by molar-refractivity contribution is 0.470. The van der Waals surface area contributed by atoms with E-state index >= 15 is 0 Å². The van der Waals surface area contributed by atoms with Gasteiger partial charge in [0.25, 0.3) is 0 Å². The topological polar surface area (TPSA) is 27.8 Å². The first kappa shape index (κ1) is 11.8. The molecule has 2 heteroatoms. The summed E-state index contributed by atoms with van der Waals surface area (Å²) in [5.74, 6) is 0. The zero-order chi connectivity index (χ0) is 12.7. The molecule has 1 unspecified atom stereocenters. The summed E-state index contributed by atoms with van der Waals surface area (Å²) in [5.41, 5.74) is 7.11. The van der Waals surface area contributed by atoms with E-state index in [4.69, 9.17) is 0 Å². The van der Waals surface area contributed by atoms with Gasteiger partial charge in [-0.1, -0.05) is 18.6 Å². The number of likely N-dealkylation sites (N-methyl/N-ethyl adjacent to an activating group) is 1. The molecule has 18 heavy (non-hydrogen) atoms. The molecule has 1 aliphatic carbocycles. The maximum Gasteiger partial charge on any atom is 0.0488 e. The molecule has 0 spiro atoms. The highest BCUT2D eigenvalue weighted by Gasteiger charge is 2.22. The predicted octanol–water partition coefficient (Wildman–Crippen LogP) is 3.25. The highest BCUT2D eigenvalue weighted by Crippen LogP contribution is 2.31. The first-order chi connectivity index (χ1) is 8.69. The monoisotopic (exact) mass is 242 g/mol. The summed E-state index contributed by atoms with van der Waals surface area (Å²) in [6.07, 6.45) is 3.61. The van der Waals surface area contributed by atoms with Crippen LogP contribution in [0.5, 0.6) is 0 Å². The Labute approximate surface area is 109 Å². The third-order valence-corrected chi connectivity index (χ3v) is 4.13. The van der Waals surface area contributed by atoms with Crippen LogP contribution in [0, 0.1) is 13.8 Å². The number of aryl methyl sites for hydroxylation is 3. The average molecular weight is 242 g/mol. The van der Waals surface area contributed by atoms with Gasteiger partial charge in [-0.25, -0.2) is 0 Å². The Hall–Kier alpha value is -1.28. The van der Waals surface area contributed by atoms with Gasteiger partial charge in [-0.15, -0.1) is 0 Å². The normalized spacial score (nSPS) is 19.2. The van der Waals surface area contributed by atoms with Crippen molar-refractivity contribution in [2.24, 2.45) is 0 Å². The average Bonchev–Trinajstić information content (AvgIpc) is 2.68. The molecule has 1 atom stereocenters. The lowest BCUT2D eigenvalue weighted by Gasteiger charge is -2.23. The number of aromatic nitrogens is 1. The molecule has 0 saturated carbocycles. The number of hydrogen-bond donors (Lipinski definition) is 2. The molecule has 96 valence electrons. The number of rotatable bonds is 2. The summed E-state index contributed by atoms with van der Waals surface area (Å²) in [6, 6.07) is 5.26. The molecule has 0 radical (unpaired) electrons. The Morgan fingerprint density at radius 2 is 2.17 bits per heavy atom. The standard InChI is InChI=1S/C16H22N2/c1-4-17-12-5-6-15-13(9-12)14-8-10(2)7-11(3)16(14)18-15/h7-8,12,17-18H,4-6,9H2,1-3H3. The number of aromatic amines is 1. The lowest BCUT2D eigenvalue weighted by Crippen LogP contribution is -2.34. The summed E-state index contributed by atoms with van der Waals surface area (Å²) >= 11 is 0. The Morgan fingerprint density at radius 3 is 2.94 bits per heavy atom. The molecule has 0 fully saturated rings. The Morgan fingerprint density at radius 1 is 1.33 bits per heavy atom. The minimum absolute atomic E-state index is 0.655. The van der Waals surface area contributed by atoms with Crippen molar-refractivity contribution in [3.63, 3.8) is 0 Å². The van der Waals surface area contributed by atoms with Gasteiger partial charge in [0.1, 0.15) is 0 Å². The van der Waals surface area contributed by atoms with Crippen LogP contribution in [0.25, 0.3) is 10.9 Å². The largest absolute Gasteiger partial charge is 0.358 e. The van der Waals surface area contributed by atoms with Gasteiger partial charge in [-0.2, -0.15) is 0 Å². The van der Waals surface area contributed by atoms with Gasteiger partial charge < -0.3 is 10.3 Å². The molecule has 0 aliphatic heterocycles. The maximum atomic E-state index is 3.65. The second-order valence-electron chi connectivity index (χ2n) is 5.58. The SMILES string of the molecule is CCNC1CCc2[nH]c3c(C)cc(C)cc3c2C1. The first-order valence-corrected chi connectivity index (χ1v) is 7.03. The molecule has 1 aliphatic rings. The van der Waals surface area contributed by atoms with Crippen LogP contribution in [-0.4, -0.2) is 17.6 Å². The van der Waals surface area contributed by atoms with Gasteiger partial charge in [-0.3, -0.25) is 0 Å². The Kier molecular flexibility index (Phi) is 2.90. The summed E-state index contributed by atoms with van der Waals surface area (Å²) in [6.45, 7) is 7.66. The van der Waals surface area contributed by atoms with Gasteiger partial charge >= 0.3 is 0 Å². The van der Waals surface area contributed by atoms with Gasteiger partial charge in [0.15, 0.2) is 0 Å². The van der Waals surface area contributed by atoms with Crippen LogP contribution in [0.15, 0.2) is 12.1 Å². The molecule has 1 aromatic heterocycles. The van der Waals surface area contributed by atoms with E-state index in [2.05, 4.69) is 43.2 Å². The van der Waals surface area contributed by atoms with Crippen LogP contribution in [0.2, 0.25) is 0 Å². The number of nitrogens with one attached hydrogen (secondary N) is 2. The molecule has 2 aromatic rings. The van der Waals surface area contributed by atoms with E-state index in [1.807, 2.05) is 0 Å². The quantitative estimate of drug-likeness (QED) is 0.831. The van der Waals surface area contributed by atoms with E-state index in [9.17, 15) is 0 Å². The van der Waals surface area contributed by atoms with Gasteiger partial charge in [0, 0.05) is 22.6 Å². The highest BCUT2D eigenvalue weighted by molar-refractivity contribution is 5.88. The van der Waals surface area contributed by atoms with Crippen molar-refractivity contribution >= 4 is 10.9 Å². The summed E-state index contributed by atoms with van der Waals surface area (Å²) in [4.78, 5) is 3.65. The van der Waals surface area contributed by atoms with Gasteiger partial charge in [0.2, 0.25) is 0 Å². The zero-order valence-corrected chi connectivity index (χ0v) is 11.6. The number of fused-ring (bicyclic) bond motifs is 3. The van der Waals surface area contributed by atoms with Gasteiger partial charge in [0.05, 0.1) is 0 Å². The fourth-order valence-corrected chi connectivity index (χ4v) is 3.34. The number of hydrogen-bond acceptors (Lipinski definition) is 1. The molecule has 3 rings (SSSR count). The minimum atomic E-state index is 0.655. The molecule has 0 amide bonds. The predicted molar refractivity (Wildman–Crippen MR) is 77.3 cm³/mol. The van der Waals surface area contributed by atoms with Crippen molar-refractivity contribution in [1.29, 1.82) is 0 Å². The van der Waals surface area contributed by atoms with E-state index in [1.165, 1.54) is 47.0 Å². The molecule has 0 saturated heterocycles. The van der Waals surface area contributed by atoms with E-state index in [0.29, 0.717) is 6.04 Å². The third kappa shape index (κ3) is 1.85. The third-order valence-electron chi connectivity index (χ3n) is 4.13. The molecular formula is C16H22N2. The van der Waals surface area contributed by atoms with Crippen LogP contribution in [0.3, 0.4) is 0 Å². The van der Waals surface area contributed by atoms with Crippen LogP contribution in [0.1, 0.15) is 35.7 Å². The molecule has 2 nitrogen and oxygen atoms in total. The van der Waals surface area contributed by atoms with E-state index in [-0.39, 0.29) is 0 Å². The number of benzene rings is 1. The van der Waals surface area contributed by atoms with Crippen molar-refractivity contribution in [3.8, 4) is 0 Å². The molecule has 0 bridgehead atoms. The fraction of sp³-hybridized carbons (Fsp3) is 0.500. The Balaban J connectivity index is 2.09. The van der Waals surface area contributed by atoms with Crippen LogP contribution >= 0.6 is 0 Å². The Bertz CT molecular complexity index is 580. The molecule has 1 heterocycles. The molecular weight excluding hydrogens is 220 g/mol. The smallest absolute Gasteiger partial charge is 0.0488 e. The highest BCUT2D eigenvalue weighted by atomic mass is 14.9. The van der Waals surface area contributed by atoms with E-state index < -0.39 is 0 Å². The fourth-order valence-electron chi connectivity index (χ4n) is 3.34. The van der Waals surface area contributed by atoms with Gasteiger partial charge in [-0.05, 0) is 56.8 Å². The second-order valence-corrected chi connectivity index (χ2v) is 5.58. The second kappa shape index (κ2) is 4.43. The maximum absolute atomic E-state index is 3.65. The molecule has 2 N–H and O–H groups in total. The van der Waals surface area contributed by atoms with Crippen molar-refractivity contribution in [3.05, 3.63) is 34.5 Å². The van der Waals surface area contributed by atoms with E-state index in [0.717, 1.165) is 6.54 Å². The van der Waals surface area contributed by atoms with Crippen molar-refractivity contribution in [2.45, 2.75) is 46.1 Å². The number of H-pyrrole nitrogens is 1. The summed E-state index contributed by atoms with van der Waals surface area (Å²) < 4.78 is 0. The van der Waals surface area contributed by atoms with E-state index in [1.54, 1.807) is 5.56 Å². The van der Waals surface area contributed by atoms with Crippen LogP contribution < -0.4 is 5.32 Å².